The van der Waals surface area contributed by atoms with E-state index in [4.69, 9.17) is 25.8 Å². The average molecular weight is 403 g/mol. The lowest BCUT2D eigenvalue weighted by Crippen LogP contribution is -2.30. The number of anilines is 1. The first-order chi connectivity index (χ1) is 13.4. The first-order valence-corrected chi connectivity index (χ1v) is 8.82. The van der Waals surface area contributed by atoms with E-state index in [9.17, 15) is 9.59 Å². The zero-order valence-electron chi connectivity index (χ0n) is 15.5. The molecule has 3 rings (SSSR count). The summed E-state index contributed by atoms with van der Waals surface area (Å²) in [4.78, 5) is 27.9. The van der Waals surface area contributed by atoms with Crippen molar-refractivity contribution >= 4 is 40.1 Å². The van der Waals surface area contributed by atoms with Crippen LogP contribution < -0.4 is 14.8 Å². The molecule has 3 aromatic rings. The number of esters is 1. The number of para-hydroxylation sites is 1. The number of nitrogens with one attached hydrogen (secondary N) is 2. The number of methoxy groups -OCH3 is 2. The summed E-state index contributed by atoms with van der Waals surface area (Å²) >= 11 is 6.25. The van der Waals surface area contributed by atoms with E-state index in [1.165, 1.54) is 21.1 Å². The van der Waals surface area contributed by atoms with Crippen LogP contribution in [-0.4, -0.2) is 37.2 Å². The summed E-state index contributed by atoms with van der Waals surface area (Å²) in [6, 6.07) is 12.2. The van der Waals surface area contributed by atoms with Gasteiger partial charge in [-0.3, -0.25) is 4.79 Å². The number of halogens is 1. The Morgan fingerprint density at radius 2 is 1.86 bits per heavy atom. The van der Waals surface area contributed by atoms with Crippen LogP contribution in [0.1, 0.15) is 17.4 Å². The number of benzene rings is 2. The van der Waals surface area contributed by atoms with E-state index in [0.717, 1.165) is 0 Å². The predicted octanol–water partition coefficient (Wildman–Crippen LogP) is 4.02. The molecule has 0 saturated heterocycles. The number of amides is 1. The minimum absolute atomic E-state index is 0.0986. The van der Waals surface area contributed by atoms with Crippen LogP contribution in [0.5, 0.6) is 11.5 Å². The van der Waals surface area contributed by atoms with Gasteiger partial charge in [-0.15, -0.1) is 0 Å². The second-order valence-electron chi connectivity index (χ2n) is 5.96. The Hall–Kier alpha value is -3.19. The lowest BCUT2D eigenvalue weighted by atomic mass is 10.2. The van der Waals surface area contributed by atoms with E-state index >= 15 is 0 Å². The van der Waals surface area contributed by atoms with Crippen LogP contribution in [0.2, 0.25) is 5.02 Å². The van der Waals surface area contributed by atoms with Crippen LogP contribution in [0, 0.1) is 0 Å². The molecule has 0 aliphatic carbocycles. The maximum Gasteiger partial charge on any atom is 0.357 e. The highest BCUT2D eigenvalue weighted by Crippen LogP contribution is 2.30. The van der Waals surface area contributed by atoms with Crippen molar-refractivity contribution in [1.82, 2.24) is 4.98 Å². The van der Waals surface area contributed by atoms with Crippen LogP contribution in [0.25, 0.3) is 10.9 Å². The number of aromatic nitrogens is 1. The van der Waals surface area contributed by atoms with Gasteiger partial charge in [0.15, 0.2) is 6.10 Å². The topological polar surface area (TPSA) is 89.7 Å². The Morgan fingerprint density at radius 3 is 2.54 bits per heavy atom. The summed E-state index contributed by atoms with van der Waals surface area (Å²) < 4.78 is 15.6. The molecule has 28 heavy (non-hydrogen) atoms. The smallest absolute Gasteiger partial charge is 0.357 e. The number of carbonyl (C=O) groups excluding carboxylic acids is 2. The molecule has 0 fully saturated rings. The number of rotatable bonds is 6. The quantitative estimate of drug-likeness (QED) is 0.608. The molecule has 0 radical (unpaired) electrons. The molecule has 0 bridgehead atoms. The van der Waals surface area contributed by atoms with Crippen LogP contribution in [0.4, 0.5) is 5.69 Å². The van der Waals surface area contributed by atoms with Crippen molar-refractivity contribution in [2.24, 2.45) is 0 Å². The van der Waals surface area contributed by atoms with Gasteiger partial charge < -0.3 is 24.5 Å². The maximum atomic E-state index is 12.5. The van der Waals surface area contributed by atoms with E-state index < -0.39 is 18.0 Å². The Bertz CT molecular complexity index is 1030. The fourth-order valence-corrected chi connectivity index (χ4v) is 2.96. The van der Waals surface area contributed by atoms with E-state index in [1.54, 1.807) is 30.3 Å². The van der Waals surface area contributed by atoms with Crippen molar-refractivity contribution in [3.05, 3.63) is 53.2 Å². The van der Waals surface area contributed by atoms with Gasteiger partial charge in [-0.1, -0.05) is 29.8 Å². The monoisotopic (exact) mass is 402 g/mol. The standard InChI is InChI=1S/C20H19ClN2O5/c1-11(19(24)23-15-10-12(26-2)8-9-16(15)27-3)28-20(25)18-17(21)13-6-4-5-7-14(13)22-18/h4-11,22H,1-3H3,(H,23,24). The number of ether oxygens (including phenoxy) is 3. The van der Waals surface area contributed by atoms with Crippen molar-refractivity contribution in [2.45, 2.75) is 13.0 Å². The van der Waals surface area contributed by atoms with Crippen molar-refractivity contribution in [3.8, 4) is 11.5 Å². The van der Waals surface area contributed by atoms with E-state index in [-0.39, 0.29) is 10.7 Å². The van der Waals surface area contributed by atoms with Crippen LogP contribution in [0.3, 0.4) is 0 Å². The third-order valence-electron chi connectivity index (χ3n) is 4.16. The van der Waals surface area contributed by atoms with E-state index in [0.29, 0.717) is 28.1 Å². The summed E-state index contributed by atoms with van der Waals surface area (Å²) in [5.41, 5.74) is 1.21. The summed E-state index contributed by atoms with van der Waals surface area (Å²) in [7, 11) is 3.00. The van der Waals surface area contributed by atoms with Crippen molar-refractivity contribution < 1.29 is 23.8 Å². The Morgan fingerprint density at radius 1 is 1.11 bits per heavy atom. The van der Waals surface area contributed by atoms with E-state index in [1.807, 2.05) is 12.1 Å². The molecular formula is C20H19ClN2O5. The normalized spacial score (nSPS) is 11.7. The van der Waals surface area contributed by atoms with Gasteiger partial charge in [0.05, 0.1) is 24.9 Å². The van der Waals surface area contributed by atoms with Gasteiger partial charge in [0.25, 0.3) is 5.91 Å². The van der Waals surface area contributed by atoms with Crippen molar-refractivity contribution in [2.75, 3.05) is 19.5 Å². The Balaban J connectivity index is 1.73. The minimum Gasteiger partial charge on any atom is -0.497 e. The molecule has 1 aromatic heterocycles. The van der Waals surface area contributed by atoms with Crippen LogP contribution in [-0.2, 0) is 9.53 Å². The number of H-pyrrole nitrogens is 1. The molecule has 1 atom stereocenters. The Labute approximate surface area is 166 Å². The maximum absolute atomic E-state index is 12.5. The number of hydrogen-bond donors (Lipinski definition) is 2. The van der Waals surface area contributed by atoms with Gasteiger partial charge in [0, 0.05) is 17.0 Å². The van der Waals surface area contributed by atoms with Gasteiger partial charge >= 0.3 is 5.97 Å². The van der Waals surface area contributed by atoms with Gasteiger partial charge in [-0.25, -0.2) is 4.79 Å². The molecule has 146 valence electrons. The molecule has 8 heteroatoms. The molecule has 1 amide bonds. The molecule has 1 unspecified atom stereocenters. The molecule has 2 N–H and O–H groups in total. The largest absolute Gasteiger partial charge is 0.497 e. The van der Waals surface area contributed by atoms with Crippen LogP contribution >= 0.6 is 11.6 Å². The molecule has 0 aliphatic heterocycles. The molecule has 0 saturated carbocycles. The molecular weight excluding hydrogens is 384 g/mol. The fraction of sp³-hybridized carbons (Fsp3) is 0.200. The second kappa shape index (κ2) is 8.22. The van der Waals surface area contributed by atoms with Gasteiger partial charge in [-0.05, 0) is 25.1 Å². The average Bonchev–Trinajstić information content (AvgIpc) is 3.04. The molecule has 2 aromatic carbocycles. The highest BCUT2D eigenvalue weighted by atomic mass is 35.5. The third kappa shape index (κ3) is 3.89. The lowest BCUT2D eigenvalue weighted by molar-refractivity contribution is -0.123. The molecule has 1 heterocycles. The second-order valence-corrected chi connectivity index (χ2v) is 6.34. The van der Waals surface area contributed by atoms with Crippen molar-refractivity contribution in [3.63, 3.8) is 0 Å². The third-order valence-corrected chi connectivity index (χ3v) is 4.56. The van der Waals surface area contributed by atoms with E-state index in [2.05, 4.69) is 10.3 Å². The molecule has 0 spiro atoms. The summed E-state index contributed by atoms with van der Waals surface area (Å²) in [5, 5.41) is 3.63. The first kappa shape index (κ1) is 19.6. The summed E-state index contributed by atoms with van der Waals surface area (Å²) in [6.45, 7) is 1.47. The Kier molecular flexibility index (Phi) is 5.75. The summed E-state index contributed by atoms with van der Waals surface area (Å²) in [6.07, 6.45) is -1.06. The summed E-state index contributed by atoms with van der Waals surface area (Å²) in [5.74, 6) is -0.245. The number of aromatic amines is 1. The fourth-order valence-electron chi connectivity index (χ4n) is 2.67. The SMILES string of the molecule is COc1ccc(OC)c(NC(=O)C(C)OC(=O)c2[nH]c3ccccc3c2Cl)c1. The predicted molar refractivity (Wildman–Crippen MR) is 106 cm³/mol. The van der Waals surface area contributed by atoms with Gasteiger partial charge in [0.1, 0.15) is 17.2 Å². The lowest BCUT2D eigenvalue weighted by Gasteiger charge is -2.15. The van der Waals surface area contributed by atoms with Crippen LogP contribution in [0.15, 0.2) is 42.5 Å². The minimum atomic E-state index is -1.06. The van der Waals surface area contributed by atoms with Crippen molar-refractivity contribution in [1.29, 1.82) is 0 Å². The number of hydrogen-bond acceptors (Lipinski definition) is 5. The molecule has 7 nitrogen and oxygen atoms in total. The van der Waals surface area contributed by atoms with Gasteiger partial charge in [-0.2, -0.15) is 0 Å². The number of fused-ring (bicyclic) bond motifs is 1. The zero-order valence-corrected chi connectivity index (χ0v) is 16.3. The molecule has 0 aliphatic rings. The zero-order chi connectivity index (χ0) is 20.3. The van der Waals surface area contributed by atoms with Gasteiger partial charge in [0.2, 0.25) is 0 Å². The first-order valence-electron chi connectivity index (χ1n) is 8.44. The highest BCUT2D eigenvalue weighted by Gasteiger charge is 2.24. The highest BCUT2D eigenvalue weighted by molar-refractivity contribution is 6.38. The number of carbonyl (C=O) groups is 2.